The molecule has 0 bridgehead atoms. The van der Waals surface area contributed by atoms with E-state index in [1.54, 1.807) is 0 Å². The van der Waals surface area contributed by atoms with Gasteiger partial charge >= 0.3 is 0 Å². The molecule has 26 heavy (non-hydrogen) atoms. The molecule has 0 N–H and O–H groups in total. The van der Waals surface area contributed by atoms with Crippen LogP contribution in [0.1, 0.15) is 65.2 Å². The summed E-state index contributed by atoms with van der Waals surface area (Å²) in [5, 5.41) is 0. The third-order valence-electron chi connectivity index (χ3n) is 10.4. The summed E-state index contributed by atoms with van der Waals surface area (Å²) in [6.45, 7) is 6.56. The lowest BCUT2D eigenvalue weighted by atomic mass is 9.47. The van der Waals surface area contributed by atoms with Crippen molar-refractivity contribution >= 4 is 0 Å². The van der Waals surface area contributed by atoms with Crippen molar-refractivity contribution in [1.29, 1.82) is 0 Å². The summed E-state index contributed by atoms with van der Waals surface area (Å²) in [5.41, 5.74) is 3.04. The number of nitrogens with zero attached hydrogens (tertiary/aromatic N) is 2. The molecule has 1 aliphatic heterocycles. The smallest absolute Gasteiger partial charge is 0.0127 e. The molecule has 2 nitrogen and oxygen atoms in total. The highest BCUT2D eigenvalue weighted by molar-refractivity contribution is 5.26. The van der Waals surface area contributed by atoms with Crippen molar-refractivity contribution in [2.45, 2.75) is 77.3 Å². The zero-order valence-corrected chi connectivity index (χ0v) is 17.8. The Kier molecular flexibility index (Phi) is 3.98. The zero-order valence-electron chi connectivity index (χ0n) is 17.8. The predicted octanol–water partition coefficient (Wildman–Crippen LogP) is 4.81. The first kappa shape index (κ1) is 17.7. The fourth-order valence-electron chi connectivity index (χ4n) is 8.88. The molecule has 4 fully saturated rings. The Labute approximate surface area is 161 Å². The molecule has 8 atom stereocenters. The van der Waals surface area contributed by atoms with Crippen LogP contribution in [0.2, 0.25) is 0 Å². The third-order valence-corrected chi connectivity index (χ3v) is 10.4. The van der Waals surface area contributed by atoms with Crippen molar-refractivity contribution in [3.63, 3.8) is 0 Å². The lowest BCUT2D eigenvalue weighted by molar-refractivity contribution is -0.0430. The Morgan fingerprint density at radius 2 is 1.81 bits per heavy atom. The topological polar surface area (TPSA) is 6.48 Å². The molecule has 1 heterocycles. The van der Waals surface area contributed by atoms with E-state index in [1.165, 1.54) is 57.9 Å². The SMILES string of the molecule is C[C@H]1[C@H]2CC[C@H]3C4CC=C5C[C@@H](N(C)C)CC[C@]5(C)C4CC[C@]23CN1C. The minimum Gasteiger partial charge on any atom is -0.306 e. The van der Waals surface area contributed by atoms with Gasteiger partial charge in [-0.1, -0.05) is 18.6 Å². The van der Waals surface area contributed by atoms with Crippen molar-refractivity contribution in [1.82, 2.24) is 9.80 Å². The average molecular weight is 357 g/mol. The van der Waals surface area contributed by atoms with Gasteiger partial charge in [0.2, 0.25) is 0 Å². The second kappa shape index (κ2) is 5.83. The molecule has 1 saturated heterocycles. The van der Waals surface area contributed by atoms with E-state index < -0.39 is 0 Å². The fourth-order valence-corrected chi connectivity index (χ4v) is 8.88. The summed E-state index contributed by atoms with van der Waals surface area (Å²) in [5.74, 6) is 3.96. The van der Waals surface area contributed by atoms with Gasteiger partial charge in [-0.15, -0.1) is 0 Å². The van der Waals surface area contributed by atoms with Crippen molar-refractivity contribution < 1.29 is 0 Å². The van der Waals surface area contributed by atoms with Crippen LogP contribution in [-0.2, 0) is 0 Å². The molecule has 5 rings (SSSR count). The standard InChI is InChI=1S/C24H40N2/c1-16-20-8-9-22-19-7-6-17-14-18(25(3)4)10-12-23(17,2)21(19)11-13-24(20,22)15-26(16)5/h6,16,18-22H,7-15H2,1-5H3/t16-,18-,19?,20+,21?,22-,23-,24-/m0/s1. The van der Waals surface area contributed by atoms with Crippen LogP contribution in [0.15, 0.2) is 11.6 Å². The number of likely N-dealkylation sites (tertiary alicyclic amines) is 1. The van der Waals surface area contributed by atoms with Crippen LogP contribution in [0.5, 0.6) is 0 Å². The van der Waals surface area contributed by atoms with Crippen LogP contribution in [0.25, 0.3) is 0 Å². The van der Waals surface area contributed by atoms with E-state index in [0.29, 0.717) is 10.8 Å². The molecule has 2 heteroatoms. The highest BCUT2D eigenvalue weighted by Crippen LogP contribution is 2.68. The van der Waals surface area contributed by atoms with E-state index in [2.05, 4.69) is 50.9 Å². The summed E-state index contributed by atoms with van der Waals surface area (Å²) < 4.78 is 0. The van der Waals surface area contributed by atoms with Gasteiger partial charge in [0.15, 0.2) is 0 Å². The first-order valence-electron chi connectivity index (χ1n) is 11.4. The molecule has 3 saturated carbocycles. The Morgan fingerprint density at radius 1 is 1.04 bits per heavy atom. The van der Waals surface area contributed by atoms with Crippen LogP contribution in [0.4, 0.5) is 0 Å². The van der Waals surface area contributed by atoms with Gasteiger partial charge in [-0.05, 0) is 114 Å². The highest BCUT2D eigenvalue weighted by atomic mass is 15.2. The molecule has 0 aromatic carbocycles. The molecule has 4 aliphatic carbocycles. The third kappa shape index (κ3) is 2.18. The maximum Gasteiger partial charge on any atom is 0.0127 e. The molecule has 1 spiro atoms. The molecule has 5 aliphatic rings. The van der Waals surface area contributed by atoms with E-state index in [9.17, 15) is 0 Å². The average Bonchev–Trinajstić information content (AvgIpc) is 3.08. The molecule has 0 aromatic heterocycles. The lowest BCUT2D eigenvalue weighted by Crippen LogP contribution is -2.52. The Hall–Kier alpha value is -0.340. The van der Waals surface area contributed by atoms with E-state index in [1.807, 2.05) is 5.57 Å². The first-order chi connectivity index (χ1) is 12.4. The van der Waals surface area contributed by atoms with Crippen molar-refractivity contribution in [2.75, 3.05) is 27.7 Å². The number of hydrogen-bond acceptors (Lipinski definition) is 2. The minimum absolute atomic E-state index is 0.519. The number of hydrogen-bond donors (Lipinski definition) is 0. The molecule has 146 valence electrons. The molecule has 0 amide bonds. The van der Waals surface area contributed by atoms with Gasteiger partial charge in [0.05, 0.1) is 0 Å². The van der Waals surface area contributed by atoms with Gasteiger partial charge in [0, 0.05) is 18.6 Å². The summed E-state index contributed by atoms with van der Waals surface area (Å²) >= 11 is 0. The Balaban J connectivity index is 1.45. The van der Waals surface area contributed by atoms with Crippen LogP contribution < -0.4 is 0 Å². The Morgan fingerprint density at radius 3 is 2.58 bits per heavy atom. The minimum atomic E-state index is 0.519. The van der Waals surface area contributed by atoms with E-state index in [0.717, 1.165) is 35.8 Å². The van der Waals surface area contributed by atoms with Gasteiger partial charge in [0.1, 0.15) is 0 Å². The maximum absolute atomic E-state index is 2.74. The van der Waals surface area contributed by atoms with E-state index in [4.69, 9.17) is 0 Å². The van der Waals surface area contributed by atoms with Crippen LogP contribution in [-0.4, -0.2) is 49.6 Å². The lowest BCUT2D eigenvalue weighted by Gasteiger charge is -2.58. The maximum atomic E-state index is 2.74. The van der Waals surface area contributed by atoms with Gasteiger partial charge in [-0.3, -0.25) is 0 Å². The zero-order chi connectivity index (χ0) is 18.3. The number of allylic oxidation sites excluding steroid dienone is 1. The van der Waals surface area contributed by atoms with Crippen molar-refractivity contribution in [3.05, 3.63) is 11.6 Å². The summed E-state index contributed by atoms with van der Waals surface area (Å²) in [6, 6.07) is 1.60. The summed E-state index contributed by atoms with van der Waals surface area (Å²) in [4.78, 5) is 5.17. The quantitative estimate of drug-likeness (QED) is 0.622. The highest BCUT2D eigenvalue weighted by Gasteiger charge is 2.63. The van der Waals surface area contributed by atoms with Gasteiger partial charge in [-0.2, -0.15) is 0 Å². The second-order valence-electron chi connectivity index (χ2n) is 11.2. The summed E-state index contributed by atoms with van der Waals surface area (Å²) in [6.07, 6.45) is 14.4. The molecule has 2 unspecified atom stereocenters. The normalized spacial score (nSPS) is 53.7. The first-order valence-corrected chi connectivity index (χ1v) is 11.4. The van der Waals surface area contributed by atoms with Crippen molar-refractivity contribution in [2.24, 2.45) is 34.5 Å². The number of rotatable bonds is 1. The largest absolute Gasteiger partial charge is 0.306 e. The fraction of sp³-hybridized carbons (Fsp3) is 0.917. The van der Waals surface area contributed by atoms with Gasteiger partial charge in [-0.25, -0.2) is 0 Å². The van der Waals surface area contributed by atoms with Gasteiger partial charge < -0.3 is 9.80 Å². The number of fused-ring (bicyclic) bond motifs is 4. The van der Waals surface area contributed by atoms with Crippen LogP contribution >= 0.6 is 0 Å². The monoisotopic (exact) mass is 356 g/mol. The molecular formula is C24H40N2. The van der Waals surface area contributed by atoms with Crippen LogP contribution in [0, 0.1) is 34.5 Å². The van der Waals surface area contributed by atoms with Crippen LogP contribution in [0.3, 0.4) is 0 Å². The van der Waals surface area contributed by atoms with Crippen molar-refractivity contribution in [3.8, 4) is 0 Å². The van der Waals surface area contributed by atoms with E-state index >= 15 is 0 Å². The second-order valence-corrected chi connectivity index (χ2v) is 11.2. The summed E-state index contributed by atoms with van der Waals surface area (Å²) in [7, 11) is 6.95. The molecular weight excluding hydrogens is 316 g/mol. The van der Waals surface area contributed by atoms with E-state index in [-0.39, 0.29) is 0 Å². The Bertz CT molecular complexity index is 609. The van der Waals surface area contributed by atoms with Gasteiger partial charge in [0.25, 0.3) is 0 Å². The molecule has 0 radical (unpaired) electrons. The predicted molar refractivity (Wildman–Crippen MR) is 109 cm³/mol. The molecule has 0 aromatic rings.